The van der Waals surface area contributed by atoms with Crippen LogP contribution in [0.5, 0.6) is 5.75 Å². The minimum Gasteiger partial charge on any atom is -0.506 e. The van der Waals surface area contributed by atoms with Gasteiger partial charge in [-0.1, -0.05) is 11.6 Å². The van der Waals surface area contributed by atoms with Gasteiger partial charge in [0.2, 0.25) is 16.8 Å². The molecule has 2 N–H and O–H groups in total. The van der Waals surface area contributed by atoms with E-state index in [1.54, 1.807) is 6.92 Å². The fraction of sp³-hybridized carbons (Fsp3) is 0.333. The smallest absolute Gasteiger partial charge is 0.374 e. The summed E-state index contributed by atoms with van der Waals surface area (Å²) in [5.41, 5.74) is 0.0781. The van der Waals surface area contributed by atoms with Crippen molar-refractivity contribution in [2.45, 2.75) is 30.9 Å². The molecule has 0 saturated carbocycles. The number of carbonyl (C=O) groups excluding carboxylic acids is 2. The number of anilines is 1. The molecule has 9 nitrogen and oxygen atoms in total. The van der Waals surface area contributed by atoms with Crippen molar-refractivity contribution in [2.75, 3.05) is 18.5 Å². The Morgan fingerprint density at radius 3 is 2.83 bits per heavy atom. The summed E-state index contributed by atoms with van der Waals surface area (Å²) in [4.78, 5) is 24.4. The third kappa shape index (κ3) is 4.39. The van der Waals surface area contributed by atoms with Crippen molar-refractivity contribution in [1.29, 1.82) is 0 Å². The van der Waals surface area contributed by atoms with E-state index in [2.05, 4.69) is 5.32 Å². The van der Waals surface area contributed by atoms with Gasteiger partial charge in [0.15, 0.2) is 0 Å². The zero-order valence-electron chi connectivity index (χ0n) is 15.4. The quantitative estimate of drug-likeness (QED) is 0.520. The molecule has 0 aliphatic carbocycles. The molecule has 0 bridgehead atoms. The highest BCUT2D eigenvalue weighted by molar-refractivity contribution is 7.89. The first-order chi connectivity index (χ1) is 13.7. The number of carbonyl (C=O) groups is 2. The second-order valence-corrected chi connectivity index (χ2v) is 8.52. The van der Waals surface area contributed by atoms with E-state index in [0.29, 0.717) is 11.4 Å². The predicted octanol–water partition coefficient (Wildman–Crippen LogP) is 2.61. The number of sulfonamides is 1. The van der Waals surface area contributed by atoms with Crippen molar-refractivity contribution in [1.82, 2.24) is 4.31 Å². The molecule has 1 aromatic heterocycles. The van der Waals surface area contributed by atoms with Crippen molar-refractivity contribution < 1.29 is 32.3 Å². The number of phenols is 1. The number of furan rings is 1. The molecule has 3 rings (SSSR count). The summed E-state index contributed by atoms with van der Waals surface area (Å²) in [5, 5.41) is 12.2. The Morgan fingerprint density at radius 1 is 1.34 bits per heavy atom. The number of halogens is 1. The van der Waals surface area contributed by atoms with Crippen LogP contribution in [0.1, 0.15) is 30.3 Å². The molecular weight excluding hydrogens is 424 g/mol. The van der Waals surface area contributed by atoms with Crippen molar-refractivity contribution in [3.05, 3.63) is 41.1 Å². The molecule has 1 atom stereocenters. The number of nitrogens with one attached hydrogen (secondary N) is 1. The summed E-state index contributed by atoms with van der Waals surface area (Å²) < 4.78 is 36.9. The van der Waals surface area contributed by atoms with Crippen LogP contribution in [0, 0.1) is 0 Å². The number of esters is 1. The van der Waals surface area contributed by atoms with Crippen LogP contribution >= 0.6 is 11.6 Å². The molecule has 11 heteroatoms. The molecule has 1 saturated heterocycles. The minimum absolute atomic E-state index is 0.0781. The molecule has 2 aromatic rings. The topological polar surface area (TPSA) is 126 Å². The normalized spacial score (nSPS) is 17.2. The van der Waals surface area contributed by atoms with Crippen LogP contribution in [-0.4, -0.2) is 48.9 Å². The third-order valence-electron chi connectivity index (χ3n) is 4.34. The molecule has 0 radical (unpaired) electrons. The number of nitrogens with zero attached hydrogens (tertiary/aromatic N) is 1. The highest BCUT2D eigenvalue weighted by Gasteiger charge is 2.41. The Morgan fingerprint density at radius 2 is 2.10 bits per heavy atom. The fourth-order valence-electron chi connectivity index (χ4n) is 3.00. The zero-order chi connectivity index (χ0) is 21.2. The highest BCUT2D eigenvalue weighted by atomic mass is 35.5. The van der Waals surface area contributed by atoms with Crippen LogP contribution in [0.25, 0.3) is 0 Å². The van der Waals surface area contributed by atoms with Gasteiger partial charge in [0.1, 0.15) is 11.8 Å². The second-order valence-electron chi connectivity index (χ2n) is 6.26. The first-order valence-electron chi connectivity index (χ1n) is 8.82. The Balaban J connectivity index is 1.81. The van der Waals surface area contributed by atoms with Crippen LogP contribution in [0.15, 0.2) is 39.8 Å². The average molecular weight is 443 g/mol. The Bertz CT molecular complexity index is 1030. The number of aromatic hydroxyl groups is 1. The molecule has 2 heterocycles. The lowest BCUT2D eigenvalue weighted by atomic mass is 10.2. The van der Waals surface area contributed by atoms with Gasteiger partial charge in [0.25, 0.3) is 10.0 Å². The molecule has 1 aliphatic rings. The summed E-state index contributed by atoms with van der Waals surface area (Å²) in [6.07, 6.45) is 0.752. The van der Waals surface area contributed by atoms with Gasteiger partial charge in [-0.25, -0.2) is 13.2 Å². The van der Waals surface area contributed by atoms with Gasteiger partial charge in [-0.2, -0.15) is 4.31 Å². The maximum Gasteiger partial charge on any atom is 0.374 e. The summed E-state index contributed by atoms with van der Waals surface area (Å²) in [5.74, 6) is -1.82. The van der Waals surface area contributed by atoms with E-state index in [0.717, 1.165) is 10.4 Å². The SMILES string of the molecule is CCOC(=O)c1ccc(S(=O)(=O)N2CCCC2C(=O)Nc2cc(Cl)ccc2O)o1. The van der Waals surface area contributed by atoms with E-state index >= 15 is 0 Å². The maximum absolute atomic E-state index is 12.9. The van der Waals surface area contributed by atoms with E-state index in [1.807, 2.05) is 0 Å². The van der Waals surface area contributed by atoms with Crippen molar-refractivity contribution >= 4 is 39.2 Å². The summed E-state index contributed by atoms with van der Waals surface area (Å²) in [7, 11) is -4.16. The third-order valence-corrected chi connectivity index (χ3v) is 6.36. The van der Waals surface area contributed by atoms with Crippen LogP contribution < -0.4 is 5.32 Å². The Labute approximate surface area is 172 Å². The summed E-state index contributed by atoms with van der Waals surface area (Å²) in [6, 6.07) is 5.49. The molecule has 1 aromatic carbocycles. The number of rotatable bonds is 6. The summed E-state index contributed by atoms with van der Waals surface area (Å²) >= 11 is 5.87. The van der Waals surface area contributed by atoms with Crippen LogP contribution in [0.4, 0.5) is 5.69 Å². The van der Waals surface area contributed by atoms with E-state index in [9.17, 15) is 23.1 Å². The molecule has 1 amide bonds. The number of amides is 1. The Kier molecular flexibility index (Phi) is 6.15. The Hall–Kier alpha value is -2.56. The number of hydrogen-bond donors (Lipinski definition) is 2. The molecule has 29 heavy (non-hydrogen) atoms. The fourth-order valence-corrected chi connectivity index (χ4v) is 4.74. The lowest BCUT2D eigenvalue weighted by molar-refractivity contribution is -0.119. The van der Waals surface area contributed by atoms with Crippen molar-refractivity contribution in [3.63, 3.8) is 0 Å². The summed E-state index contributed by atoms with van der Waals surface area (Å²) in [6.45, 7) is 1.84. The van der Waals surface area contributed by atoms with Gasteiger partial charge in [0.05, 0.1) is 12.3 Å². The number of ether oxygens (including phenoxy) is 1. The lowest BCUT2D eigenvalue weighted by Crippen LogP contribution is -2.43. The van der Waals surface area contributed by atoms with Crippen molar-refractivity contribution in [2.24, 2.45) is 0 Å². The molecule has 156 valence electrons. The van der Waals surface area contributed by atoms with Crippen LogP contribution in [0.3, 0.4) is 0 Å². The zero-order valence-corrected chi connectivity index (χ0v) is 17.0. The van der Waals surface area contributed by atoms with E-state index in [-0.39, 0.29) is 36.8 Å². The maximum atomic E-state index is 12.9. The van der Waals surface area contributed by atoms with E-state index in [1.165, 1.54) is 24.3 Å². The van der Waals surface area contributed by atoms with Gasteiger partial charge < -0.3 is 19.6 Å². The molecular formula is C18H19ClN2O7S. The molecule has 1 unspecified atom stereocenters. The van der Waals surface area contributed by atoms with Crippen molar-refractivity contribution in [3.8, 4) is 5.75 Å². The van der Waals surface area contributed by atoms with Gasteiger partial charge in [0, 0.05) is 11.6 Å². The van der Waals surface area contributed by atoms with Gasteiger partial charge in [-0.15, -0.1) is 0 Å². The van der Waals surface area contributed by atoms with Gasteiger partial charge in [-0.3, -0.25) is 4.79 Å². The first-order valence-corrected chi connectivity index (χ1v) is 10.6. The lowest BCUT2D eigenvalue weighted by Gasteiger charge is -2.22. The molecule has 1 fully saturated rings. The van der Waals surface area contributed by atoms with Gasteiger partial charge in [-0.05, 0) is 50.1 Å². The predicted molar refractivity (Wildman–Crippen MR) is 103 cm³/mol. The number of hydrogen-bond acceptors (Lipinski definition) is 7. The highest BCUT2D eigenvalue weighted by Crippen LogP contribution is 2.30. The standard InChI is InChI=1S/C18H19ClN2O7S/c1-2-27-18(24)15-7-8-16(28-15)29(25,26)21-9-3-4-13(21)17(23)20-12-10-11(19)5-6-14(12)22/h5-8,10,13,22H,2-4,9H2,1H3,(H,20,23). The first kappa shape index (κ1) is 21.2. The van der Waals surface area contributed by atoms with Gasteiger partial charge >= 0.3 is 5.97 Å². The van der Waals surface area contributed by atoms with Crippen LogP contribution in [-0.2, 0) is 19.6 Å². The molecule has 1 aliphatic heterocycles. The van der Waals surface area contributed by atoms with E-state index < -0.39 is 33.0 Å². The minimum atomic E-state index is -4.16. The van der Waals surface area contributed by atoms with Crippen LogP contribution in [0.2, 0.25) is 5.02 Å². The number of phenolic OH excluding ortho intramolecular Hbond substituents is 1. The second kappa shape index (κ2) is 8.44. The molecule has 0 spiro atoms. The largest absolute Gasteiger partial charge is 0.506 e. The monoisotopic (exact) mass is 442 g/mol. The number of benzene rings is 1. The van der Waals surface area contributed by atoms with E-state index in [4.69, 9.17) is 20.8 Å². The average Bonchev–Trinajstić information content (AvgIpc) is 3.35.